The van der Waals surface area contributed by atoms with E-state index in [-0.39, 0.29) is 17.7 Å². The van der Waals surface area contributed by atoms with E-state index in [4.69, 9.17) is 15.3 Å². The van der Waals surface area contributed by atoms with Gasteiger partial charge in [-0.25, -0.2) is 0 Å². The van der Waals surface area contributed by atoms with Crippen LogP contribution in [0.1, 0.15) is 24.8 Å². The van der Waals surface area contributed by atoms with E-state index in [1.807, 2.05) is 24.3 Å². The monoisotopic (exact) mass is 331 g/mol. The normalized spacial score (nSPS) is 21.1. The lowest BCUT2D eigenvalue weighted by atomic mass is 9.95. The van der Waals surface area contributed by atoms with Gasteiger partial charge in [0.25, 0.3) is 5.91 Å². The summed E-state index contributed by atoms with van der Waals surface area (Å²) in [6, 6.07) is 7.49. The highest BCUT2D eigenvalue weighted by atomic mass is 16.6. The van der Waals surface area contributed by atoms with Gasteiger partial charge in [-0.1, -0.05) is 5.16 Å². The summed E-state index contributed by atoms with van der Waals surface area (Å²) in [5.41, 5.74) is 6.99. The number of amides is 2. The van der Waals surface area contributed by atoms with Crippen molar-refractivity contribution in [1.29, 1.82) is 0 Å². The number of hydrogen-bond donors (Lipinski definition) is 1. The Labute approximate surface area is 140 Å². The molecule has 2 aliphatic heterocycles. The van der Waals surface area contributed by atoms with Crippen LogP contribution in [0, 0.1) is 5.92 Å². The van der Waals surface area contributed by atoms with Gasteiger partial charge in [0.2, 0.25) is 12.0 Å². The minimum Gasteiger partial charge on any atom is -0.497 e. The maximum atomic E-state index is 12.5. The summed E-state index contributed by atoms with van der Waals surface area (Å²) in [6.45, 7) is 1.06. The number of nitrogens with two attached hydrogens (primary N) is 1. The first-order valence-electron chi connectivity index (χ1n) is 8.03. The second-order valence-electron chi connectivity index (χ2n) is 6.07. The molecule has 0 radical (unpaired) electrons. The molecule has 0 aliphatic carbocycles. The van der Waals surface area contributed by atoms with Crippen LogP contribution in [0.25, 0.3) is 0 Å². The van der Waals surface area contributed by atoms with E-state index in [0.29, 0.717) is 32.4 Å². The molecule has 2 amide bonds. The summed E-state index contributed by atoms with van der Waals surface area (Å²) in [6.07, 6.45) is 1.08. The Hall–Kier alpha value is -2.57. The first-order valence-corrected chi connectivity index (χ1v) is 8.03. The lowest BCUT2D eigenvalue weighted by molar-refractivity contribution is -0.144. The van der Waals surface area contributed by atoms with Crippen LogP contribution < -0.4 is 10.5 Å². The average molecular weight is 331 g/mol. The Bertz CT molecular complexity index is 648. The Kier molecular flexibility index (Phi) is 4.69. The molecule has 1 unspecified atom stereocenters. The summed E-state index contributed by atoms with van der Waals surface area (Å²) in [4.78, 5) is 30.8. The minimum atomic E-state index is -0.591. The Morgan fingerprint density at radius 1 is 1.25 bits per heavy atom. The van der Waals surface area contributed by atoms with Gasteiger partial charge in [-0.3, -0.25) is 9.59 Å². The zero-order chi connectivity index (χ0) is 17.1. The molecule has 1 aromatic carbocycles. The summed E-state index contributed by atoms with van der Waals surface area (Å²) in [7, 11) is 1.61. The number of oxime groups is 1. The molecule has 128 valence electrons. The maximum Gasteiger partial charge on any atom is 0.266 e. The molecule has 2 N–H and O–H groups in total. The van der Waals surface area contributed by atoms with E-state index in [1.54, 1.807) is 12.0 Å². The zero-order valence-corrected chi connectivity index (χ0v) is 13.6. The molecule has 0 saturated carbocycles. The van der Waals surface area contributed by atoms with Gasteiger partial charge in [-0.2, -0.15) is 0 Å². The first kappa shape index (κ1) is 16.3. The fourth-order valence-electron chi connectivity index (χ4n) is 3.05. The van der Waals surface area contributed by atoms with E-state index in [2.05, 4.69) is 5.16 Å². The molecule has 2 heterocycles. The molecule has 3 rings (SSSR count). The Morgan fingerprint density at radius 3 is 2.50 bits per heavy atom. The van der Waals surface area contributed by atoms with Gasteiger partial charge in [-0.05, 0) is 42.7 Å². The highest BCUT2D eigenvalue weighted by Gasteiger charge is 2.34. The standard InChI is InChI=1S/C17H21N3O4/c1-23-13-4-2-11(3-5-13)14-10-15(24-19-14)17(22)20-8-6-12(7-9-20)16(18)21/h2-5,12,15H,6-10H2,1H3,(H2,18,21). The highest BCUT2D eigenvalue weighted by Crippen LogP contribution is 2.23. The van der Waals surface area contributed by atoms with Crippen LogP contribution in [0.3, 0.4) is 0 Å². The maximum absolute atomic E-state index is 12.5. The molecule has 7 heteroatoms. The molecule has 1 saturated heterocycles. The number of rotatable bonds is 4. The van der Waals surface area contributed by atoms with Crippen molar-refractivity contribution in [2.45, 2.75) is 25.4 Å². The van der Waals surface area contributed by atoms with E-state index in [1.165, 1.54) is 0 Å². The molecular formula is C17H21N3O4. The van der Waals surface area contributed by atoms with Gasteiger partial charge in [0.15, 0.2) is 0 Å². The van der Waals surface area contributed by atoms with Crippen LogP contribution in [0.4, 0.5) is 0 Å². The fourth-order valence-corrected chi connectivity index (χ4v) is 3.05. The van der Waals surface area contributed by atoms with Crippen molar-refractivity contribution in [2.24, 2.45) is 16.8 Å². The van der Waals surface area contributed by atoms with Crippen molar-refractivity contribution < 1.29 is 19.2 Å². The van der Waals surface area contributed by atoms with Gasteiger partial charge in [0.05, 0.1) is 12.8 Å². The second kappa shape index (κ2) is 6.90. The quantitative estimate of drug-likeness (QED) is 0.887. The molecule has 1 fully saturated rings. The van der Waals surface area contributed by atoms with Crippen molar-refractivity contribution >= 4 is 17.5 Å². The van der Waals surface area contributed by atoms with Crippen LogP contribution >= 0.6 is 0 Å². The molecule has 1 atom stereocenters. The number of ether oxygens (including phenoxy) is 1. The van der Waals surface area contributed by atoms with Crippen molar-refractivity contribution in [3.8, 4) is 5.75 Å². The molecule has 0 spiro atoms. The number of benzene rings is 1. The SMILES string of the molecule is COc1ccc(C2=NOC(C(=O)N3CCC(C(N)=O)CC3)C2)cc1. The number of carbonyl (C=O) groups excluding carboxylic acids is 2. The van der Waals surface area contributed by atoms with Crippen molar-refractivity contribution in [3.05, 3.63) is 29.8 Å². The highest BCUT2D eigenvalue weighted by molar-refractivity contribution is 6.04. The van der Waals surface area contributed by atoms with Gasteiger partial charge in [0, 0.05) is 25.4 Å². The number of piperidine rings is 1. The second-order valence-corrected chi connectivity index (χ2v) is 6.07. The molecular weight excluding hydrogens is 310 g/mol. The van der Waals surface area contributed by atoms with Crippen molar-refractivity contribution in [1.82, 2.24) is 4.90 Å². The molecule has 2 aliphatic rings. The number of nitrogens with zero attached hydrogens (tertiary/aromatic N) is 2. The van der Waals surface area contributed by atoms with Crippen LogP contribution in [-0.4, -0.2) is 48.7 Å². The summed E-state index contributed by atoms with van der Waals surface area (Å²) in [5.74, 6) is 0.266. The van der Waals surface area contributed by atoms with E-state index < -0.39 is 6.10 Å². The molecule has 0 bridgehead atoms. The number of carbonyl (C=O) groups is 2. The molecule has 1 aromatic rings. The third-order valence-corrected chi connectivity index (χ3v) is 4.58. The number of hydrogen-bond acceptors (Lipinski definition) is 5. The number of primary amides is 1. The zero-order valence-electron chi connectivity index (χ0n) is 13.6. The Morgan fingerprint density at radius 2 is 1.92 bits per heavy atom. The third-order valence-electron chi connectivity index (χ3n) is 4.58. The van der Waals surface area contributed by atoms with Crippen LogP contribution in [-0.2, 0) is 14.4 Å². The van der Waals surface area contributed by atoms with E-state index in [0.717, 1.165) is 17.0 Å². The van der Waals surface area contributed by atoms with Crippen LogP contribution in [0.2, 0.25) is 0 Å². The first-order chi connectivity index (χ1) is 11.6. The van der Waals surface area contributed by atoms with Crippen LogP contribution in [0.5, 0.6) is 5.75 Å². The molecule has 0 aromatic heterocycles. The summed E-state index contributed by atoms with van der Waals surface area (Å²) in [5, 5.41) is 4.06. The third kappa shape index (κ3) is 3.34. The topological polar surface area (TPSA) is 94.2 Å². The molecule has 7 nitrogen and oxygen atoms in total. The van der Waals surface area contributed by atoms with Crippen LogP contribution in [0.15, 0.2) is 29.4 Å². The van der Waals surface area contributed by atoms with E-state index in [9.17, 15) is 9.59 Å². The summed E-state index contributed by atoms with van der Waals surface area (Å²) >= 11 is 0. The number of methoxy groups -OCH3 is 1. The predicted molar refractivity (Wildman–Crippen MR) is 87.5 cm³/mol. The largest absolute Gasteiger partial charge is 0.497 e. The summed E-state index contributed by atoms with van der Waals surface area (Å²) < 4.78 is 5.13. The lowest BCUT2D eigenvalue weighted by Gasteiger charge is -2.31. The number of likely N-dealkylation sites (tertiary alicyclic amines) is 1. The van der Waals surface area contributed by atoms with Gasteiger partial charge >= 0.3 is 0 Å². The fraction of sp³-hybridized carbons (Fsp3) is 0.471. The average Bonchev–Trinajstić information content (AvgIpc) is 3.11. The van der Waals surface area contributed by atoms with E-state index >= 15 is 0 Å². The smallest absolute Gasteiger partial charge is 0.266 e. The van der Waals surface area contributed by atoms with Crippen molar-refractivity contribution in [3.63, 3.8) is 0 Å². The van der Waals surface area contributed by atoms with Gasteiger partial charge in [-0.15, -0.1) is 0 Å². The van der Waals surface area contributed by atoms with Gasteiger partial charge in [0.1, 0.15) is 5.75 Å². The minimum absolute atomic E-state index is 0.0785. The molecule has 24 heavy (non-hydrogen) atoms. The lowest BCUT2D eigenvalue weighted by Crippen LogP contribution is -2.45. The van der Waals surface area contributed by atoms with Gasteiger partial charge < -0.3 is 20.2 Å². The predicted octanol–water partition coefficient (Wildman–Crippen LogP) is 0.912. The Balaban J connectivity index is 1.56. The van der Waals surface area contributed by atoms with Crippen molar-refractivity contribution in [2.75, 3.05) is 20.2 Å².